The van der Waals surface area contributed by atoms with Crippen LogP contribution in [0.3, 0.4) is 0 Å². The van der Waals surface area contributed by atoms with Crippen molar-refractivity contribution < 1.29 is 14.1 Å². The number of nitrogens with one attached hydrogen (secondary N) is 1. The van der Waals surface area contributed by atoms with Crippen LogP contribution >= 0.6 is 12.4 Å². The first kappa shape index (κ1) is 21.4. The van der Waals surface area contributed by atoms with E-state index in [0.29, 0.717) is 13.2 Å². The van der Waals surface area contributed by atoms with E-state index in [9.17, 15) is 4.79 Å². The van der Waals surface area contributed by atoms with Gasteiger partial charge in [-0.3, -0.25) is 4.79 Å². The van der Waals surface area contributed by atoms with Gasteiger partial charge in [-0.25, -0.2) is 0 Å². The standard InChI is InChI=1S/C20H27N3O3.ClH/c1-23(20(24)19-15-21-11-13-25-19)12-7-3-6-10-17-14-18(22-26-17)16-8-4-2-5-9-16;/h2,4-5,8-9,14,19,21H,3,6-7,10-13,15H2,1H3;1H. The number of nitrogens with zero attached hydrogens (tertiary/aromatic N) is 2. The number of carbonyl (C=O) groups excluding carboxylic acids is 1. The van der Waals surface area contributed by atoms with Crippen LogP contribution in [0, 0.1) is 0 Å². The molecule has 1 saturated heterocycles. The van der Waals surface area contributed by atoms with Crippen LogP contribution in [-0.2, 0) is 16.0 Å². The topological polar surface area (TPSA) is 67.6 Å². The fourth-order valence-electron chi connectivity index (χ4n) is 3.08. The monoisotopic (exact) mass is 393 g/mol. The van der Waals surface area contributed by atoms with Crippen molar-refractivity contribution in [2.24, 2.45) is 0 Å². The normalized spacial score (nSPS) is 16.6. The summed E-state index contributed by atoms with van der Waals surface area (Å²) < 4.78 is 10.9. The van der Waals surface area contributed by atoms with Crippen LogP contribution in [0.5, 0.6) is 0 Å². The third kappa shape index (κ3) is 6.34. The fraction of sp³-hybridized carbons (Fsp3) is 0.500. The molecule has 7 heteroatoms. The molecular formula is C20H28ClN3O3. The third-order valence-electron chi connectivity index (χ3n) is 4.62. The van der Waals surface area contributed by atoms with E-state index in [1.165, 1.54) is 0 Å². The molecule has 2 heterocycles. The van der Waals surface area contributed by atoms with Crippen molar-refractivity contribution in [3.63, 3.8) is 0 Å². The Hall–Kier alpha value is -1.89. The Morgan fingerprint density at radius 3 is 2.81 bits per heavy atom. The van der Waals surface area contributed by atoms with E-state index in [4.69, 9.17) is 9.26 Å². The zero-order valence-corrected chi connectivity index (χ0v) is 16.5. The van der Waals surface area contributed by atoms with Gasteiger partial charge in [-0.2, -0.15) is 0 Å². The SMILES string of the molecule is CN(CCCCCc1cc(-c2ccccc2)no1)C(=O)C1CNCCO1.Cl. The van der Waals surface area contributed by atoms with Crippen LogP contribution in [0.25, 0.3) is 11.3 Å². The zero-order valence-electron chi connectivity index (χ0n) is 15.7. The predicted molar refractivity (Wildman–Crippen MR) is 107 cm³/mol. The number of halogens is 1. The summed E-state index contributed by atoms with van der Waals surface area (Å²) in [7, 11) is 1.85. The molecule has 27 heavy (non-hydrogen) atoms. The smallest absolute Gasteiger partial charge is 0.252 e. The molecule has 1 fully saturated rings. The van der Waals surface area contributed by atoms with Gasteiger partial charge in [0.05, 0.1) is 6.61 Å². The highest BCUT2D eigenvalue weighted by atomic mass is 35.5. The number of benzene rings is 1. The van der Waals surface area contributed by atoms with E-state index in [1.807, 2.05) is 43.4 Å². The highest BCUT2D eigenvalue weighted by Gasteiger charge is 2.24. The number of hydrogen-bond acceptors (Lipinski definition) is 5. The Kier molecular flexibility index (Phi) is 8.78. The first-order chi connectivity index (χ1) is 12.7. The lowest BCUT2D eigenvalue weighted by Crippen LogP contribution is -2.48. The molecule has 1 atom stereocenters. The first-order valence-corrected chi connectivity index (χ1v) is 9.32. The Morgan fingerprint density at radius 1 is 1.26 bits per heavy atom. The van der Waals surface area contributed by atoms with Crippen molar-refractivity contribution >= 4 is 18.3 Å². The minimum atomic E-state index is -0.334. The van der Waals surface area contributed by atoms with Gasteiger partial charge >= 0.3 is 0 Å². The van der Waals surface area contributed by atoms with E-state index >= 15 is 0 Å². The highest BCUT2D eigenvalue weighted by Crippen LogP contribution is 2.19. The number of ether oxygens (including phenoxy) is 1. The molecule has 0 bridgehead atoms. The van der Waals surface area contributed by atoms with E-state index in [0.717, 1.165) is 55.8 Å². The molecule has 1 amide bonds. The van der Waals surface area contributed by atoms with Crippen LogP contribution in [0.4, 0.5) is 0 Å². The summed E-state index contributed by atoms with van der Waals surface area (Å²) >= 11 is 0. The van der Waals surface area contributed by atoms with Crippen molar-refractivity contribution in [3.8, 4) is 11.3 Å². The van der Waals surface area contributed by atoms with Crippen molar-refractivity contribution in [2.75, 3.05) is 33.3 Å². The lowest BCUT2D eigenvalue weighted by molar-refractivity contribution is -0.143. The van der Waals surface area contributed by atoms with E-state index in [1.54, 1.807) is 4.90 Å². The van der Waals surface area contributed by atoms with Gasteiger partial charge < -0.3 is 19.5 Å². The maximum Gasteiger partial charge on any atom is 0.252 e. The summed E-state index contributed by atoms with van der Waals surface area (Å²) in [4.78, 5) is 14.0. The predicted octanol–water partition coefficient (Wildman–Crippen LogP) is 2.92. The van der Waals surface area contributed by atoms with Crippen molar-refractivity contribution in [3.05, 3.63) is 42.2 Å². The quantitative estimate of drug-likeness (QED) is 0.698. The van der Waals surface area contributed by atoms with Crippen molar-refractivity contribution in [1.82, 2.24) is 15.4 Å². The summed E-state index contributed by atoms with van der Waals surface area (Å²) in [5.41, 5.74) is 1.95. The molecule has 148 valence electrons. The van der Waals surface area contributed by atoms with Crippen LogP contribution in [0.1, 0.15) is 25.0 Å². The number of morpholine rings is 1. The molecule has 1 N–H and O–H groups in total. The number of hydrogen-bond donors (Lipinski definition) is 1. The van der Waals surface area contributed by atoms with E-state index in [2.05, 4.69) is 10.5 Å². The third-order valence-corrected chi connectivity index (χ3v) is 4.62. The molecule has 3 rings (SSSR count). The first-order valence-electron chi connectivity index (χ1n) is 9.32. The molecule has 0 radical (unpaired) electrons. The number of amides is 1. The molecule has 1 unspecified atom stereocenters. The Balaban J connectivity index is 0.00000261. The number of aromatic nitrogens is 1. The molecule has 0 spiro atoms. The lowest BCUT2D eigenvalue weighted by Gasteiger charge is -2.27. The maximum absolute atomic E-state index is 12.3. The van der Waals surface area contributed by atoms with Gasteiger partial charge in [0.15, 0.2) is 0 Å². The second-order valence-corrected chi connectivity index (χ2v) is 6.68. The van der Waals surface area contributed by atoms with Gasteiger partial charge in [-0.15, -0.1) is 12.4 Å². The van der Waals surface area contributed by atoms with Crippen LogP contribution in [0.2, 0.25) is 0 Å². The Bertz CT molecular complexity index is 687. The Labute approximate surface area is 166 Å². The molecule has 1 aromatic heterocycles. The summed E-state index contributed by atoms with van der Waals surface area (Å²) in [6, 6.07) is 12.0. The molecule has 1 aliphatic heterocycles. The van der Waals surface area contributed by atoms with Crippen LogP contribution < -0.4 is 5.32 Å². The maximum atomic E-state index is 12.3. The summed E-state index contributed by atoms with van der Waals surface area (Å²) in [5.74, 6) is 0.981. The fourth-order valence-corrected chi connectivity index (χ4v) is 3.08. The molecular weight excluding hydrogens is 366 g/mol. The second-order valence-electron chi connectivity index (χ2n) is 6.68. The van der Waals surface area contributed by atoms with E-state index < -0.39 is 0 Å². The average molecular weight is 394 g/mol. The van der Waals surface area contributed by atoms with Crippen LogP contribution in [-0.4, -0.2) is 55.4 Å². The Morgan fingerprint density at radius 2 is 2.07 bits per heavy atom. The lowest BCUT2D eigenvalue weighted by atomic mass is 10.1. The minimum absolute atomic E-state index is 0. The number of likely N-dealkylation sites (N-methyl/N-ethyl adjacent to an activating group) is 1. The number of unbranched alkanes of at least 4 members (excludes halogenated alkanes) is 2. The summed E-state index contributed by atoms with van der Waals surface area (Å²) in [6.07, 6.45) is 3.57. The van der Waals surface area contributed by atoms with Gasteiger partial charge in [-0.05, 0) is 12.8 Å². The highest BCUT2D eigenvalue weighted by molar-refractivity contribution is 5.85. The number of aryl methyl sites for hydroxylation is 1. The van der Waals surface area contributed by atoms with Gasteiger partial charge in [0.25, 0.3) is 5.91 Å². The summed E-state index contributed by atoms with van der Waals surface area (Å²) in [6.45, 7) is 2.79. The molecule has 1 aliphatic rings. The molecule has 6 nitrogen and oxygen atoms in total. The van der Waals surface area contributed by atoms with Crippen molar-refractivity contribution in [2.45, 2.75) is 31.8 Å². The van der Waals surface area contributed by atoms with Crippen LogP contribution in [0.15, 0.2) is 40.9 Å². The second kappa shape index (κ2) is 11.1. The van der Waals surface area contributed by atoms with Gasteiger partial charge in [0, 0.05) is 44.7 Å². The minimum Gasteiger partial charge on any atom is -0.366 e. The van der Waals surface area contributed by atoms with Gasteiger partial charge in [0.2, 0.25) is 0 Å². The molecule has 1 aromatic carbocycles. The van der Waals surface area contributed by atoms with Gasteiger partial charge in [-0.1, -0.05) is 41.9 Å². The largest absolute Gasteiger partial charge is 0.366 e. The summed E-state index contributed by atoms with van der Waals surface area (Å²) in [5, 5.41) is 7.33. The van der Waals surface area contributed by atoms with Crippen molar-refractivity contribution in [1.29, 1.82) is 0 Å². The van der Waals surface area contributed by atoms with Gasteiger partial charge in [0.1, 0.15) is 17.6 Å². The van der Waals surface area contributed by atoms with E-state index in [-0.39, 0.29) is 24.4 Å². The number of rotatable bonds is 8. The molecule has 0 saturated carbocycles. The molecule has 0 aliphatic carbocycles. The molecule has 2 aromatic rings. The zero-order chi connectivity index (χ0) is 18.2. The average Bonchev–Trinajstić information content (AvgIpc) is 3.17. The number of carbonyl (C=O) groups is 1.